The van der Waals surface area contributed by atoms with Crippen molar-refractivity contribution in [1.82, 2.24) is 0 Å². The monoisotopic (exact) mass is 213 g/mol. The summed E-state index contributed by atoms with van der Waals surface area (Å²) in [4.78, 5) is 15.7. The molecule has 3 heteroatoms. The molecule has 0 aliphatic rings. The van der Waals surface area contributed by atoms with Crippen molar-refractivity contribution in [2.45, 2.75) is 0 Å². The molecular weight excluding hydrogens is 202 g/mol. The van der Waals surface area contributed by atoms with Gasteiger partial charge in [-0.3, -0.25) is 0 Å². The van der Waals surface area contributed by atoms with Gasteiger partial charge in [0.2, 0.25) is 0 Å². The van der Waals surface area contributed by atoms with E-state index in [1.54, 1.807) is 12.1 Å². The van der Waals surface area contributed by atoms with Crippen LogP contribution in [0.3, 0.4) is 0 Å². The van der Waals surface area contributed by atoms with Crippen LogP contribution in [0, 0.1) is 0 Å². The highest BCUT2D eigenvalue weighted by Crippen LogP contribution is 2.23. The lowest BCUT2D eigenvalue weighted by Crippen LogP contribution is -2.11. The maximum atomic E-state index is 11.5. The van der Waals surface area contributed by atoms with Crippen LogP contribution in [0.1, 0.15) is 10.4 Å². The predicted octanol–water partition coefficient (Wildman–Crippen LogP) is 2.38. The molecule has 0 fully saturated rings. The topological polar surface area (TPSA) is 52.3 Å². The van der Waals surface area contributed by atoms with E-state index in [1.807, 2.05) is 42.5 Å². The Kier molecular flexibility index (Phi) is 2.98. The number of hydrogen-bond acceptors (Lipinski definition) is 3. The maximum absolute atomic E-state index is 11.5. The van der Waals surface area contributed by atoms with Crippen molar-refractivity contribution in [3.63, 3.8) is 0 Å². The summed E-state index contributed by atoms with van der Waals surface area (Å²) in [6, 6.07) is 16.8. The van der Waals surface area contributed by atoms with Gasteiger partial charge in [-0.05, 0) is 17.2 Å². The first kappa shape index (κ1) is 10.4. The van der Waals surface area contributed by atoms with E-state index >= 15 is 0 Å². The van der Waals surface area contributed by atoms with Gasteiger partial charge in [-0.1, -0.05) is 48.5 Å². The summed E-state index contributed by atoms with van der Waals surface area (Å²) in [5.74, 6) is 4.37. The van der Waals surface area contributed by atoms with Crippen molar-refractivity contribution in [2.24, 2.45) is 5.90 Å². The summed E-state index contributed by atoms with van der Waals surface area (Å²) in [6.45, 7) is 0. The molecule has 3 nitrogen and oxygen atoms in total. The van der Waals surface area contributed by atoms with Gasteiger partial charge < -0.3 is 4.84 Å². The summed E-state index contributed by atoms with van der Waals surface area (Å²) < 4.78 is 0. The van der Waals surface area contributed by atoms with Crippen LogP contribution in [-0.2, 0) is 4.84 Å². The summed E-state index contributed by atoms with van der Waals surface area (Å²) in [7, 11) is 0. The lowest BCUT2D eigenvalue weighted by atomic mass is 10.00. The Morgan fingerprint density at radius 3 is 2.25 bits per heavy atom. The lowest BCUT2D eigenvalue weighted by molar-refractivity contribution is 0.0504. The van der Waals surface area contributed by atoms with Crippen LogP contribution >= 0.6 is 0 Å². The lowest BCUT2D eigenvalue weighted by Gasteiger charge is -2.06. The number of hydrogen-bond donors (Lipinski definition) is 1. The molecule has 0 amide bonds. The van der Waals surface area contributed by atoms with Crippen LogP contribution in [0.15, 0.2) is 54.6 Å². The highest BCUT2D eigenvalue weighted by atomic mass is 16.7. The molecule has 0 aromatic heterocycles. The highest BCUT2D eigenvalue weighted by molar-refractivity contribution is 5.97. The Hall–Kier alpha value is -2.13. The Balaban J connectivity index is 2.53. The van der Waals surface area contributed by atoms with E-state index < -0.39 is 5.97 Å². The molecule has 0 aliphatic carbocycles. The minimum atomic E-state index is -0.528. The van der Waals surface area contributed by atoms with Crippen molar-refractivity contribution in [2.75, 3.05) is 0 Å². The zero-order chi connectivity index (χ0) is 11.4. The van der Waals surface area contributed by atoms with Crippen molar-refractivity contribution < 1.29 is 9.63 Å². The summed E-state index contributed by atoms with van der Waals surface area (Å²) in [6.07, 6.45) is 0. The van der Waals surface area contributed by atoms with E-state index in [0.717, 1.165) is 11.1 Å². The van der Waals surface area contributed by atoms with E-state index in [9.17, 15) is 4.79 Å². The Morgan fingerprint density at radius 1 is 0.938 bits per heavy atom. The largest absolute Gasteiger partial charge is 0.370 e. The third-order valence-electron chi connectivity index (χ3n) is 2.34. The molecule has 0 saturated heterocycles. The molecule has 0 saturated carbocycles. The molecule has 0 heterocycles. The fraction of sp³-hybridized carbons (Fsp3) is 0. The second-order valence-electron chi connectivity index (χ2n) is 3.32. The number of rotatable bonds is 2. The fourth-order valence-corrected chi connectivity index (χ4v) is 1.59. The average Bonchev–Trinajstić information content (AvgIpc) is 2.39. The van der Waals surface area contributed by atoms with E-state index in [0.29, 0.717) is 5.56 Å². The summed E-state index contributed by atoms with van der Waals surface area (Å²) in [5, 5.41) is 0. The molecule has 2 rings (SSSR count). The summed E-state index contributed by atoms with van der Waals surface area (Å²) in [5.41, 5.74) is 2.25. The van der Waals surface area contributed by atoms with Crippen molar-refractivity contribution in [3.05, 3.63) is 60.2 Å². The quantitative estimate of drug-likeness (QED) is 0.779. The predicted molar refractivity (Wildman–Crippen MR) is 61.5 cm³/mol. The van der Waals surface area contributed by atoms with Crippen LogP contribution in [0.4, 0.5) is 0 Å². The molecule has 16 heavy (non-hydrogen) atoms. The van der Waals surface area contributed by atoms with E-state index in [4.69, 9.17) is 5.90 Å². The van der Waals surface area contributed by atoms with E-state index in [2.05, 4.69) is 4.84 Å². The average molecular weight is 213 g/mol. The zero-order valence-electron chi connectivity index (χ0n) is 8.59. The number of carbonyl (C=O) groups is 1. The molecule has 0 radical (unpaired) electrons. The molecule has 2 N–H and O–H groups in total. The highest BCUT2D eigenvalue weighted by Gasteiger charge is 2.12. The van der Waals surface area contributed by atoms with Gasteiger partial charge in [-0.25, -0.2) is 4.79 Å². The molecule has 2 aromatic carbocycles. The second kappa shape index (κ2) is 4.59. The van der Waals surface area contributed by atoms with Crippen molar-refractivity contribution in [3.8, 4) is 11.1 Å². The minimum absolute atomic E-state index is 0.469. The third-order valence-corrected chi connectivity index (χ3v) is 2.34. The standard InChI is InChI=1S/C13H11NO2/c14-16-13(15)12-9-5-4-8-11(12)10-6-2-1-3-7-10/h1-9H,14H2. The second-order valence-corrected chi connectivity index (χ2v) is 3.32. The maximum Gasteiger partial charge on any atom is 0.357 e. The van der Waals surface area contributed by atoms with Gasteiger partial charge in [0.25, 0.3) is 0 Å². The Labute approximate surface area is 93.4 Å². The first-order chi connectivity index (χ1) is 7.83. The minimum Gasteiger partial charge on any atom is -0.370 e. The molecule has 0 bridgehead atoms. The molecular formula is C13H11NO2. The van der Waals surface area contributed by atoms with Gasteiger partial charge >= 0.3 is 5.97 Å². The van der Waals surface area contributed by atoms with Crippen LogP contribution < -0.4 is 5.90 Å². The number of benzene rings is 2. The molecule has 2 aromatic rings. The van der Waals surface area contributed by atoms with Crippen LogP contribution in [0.5, 0.6) is 0 Å². The first-order valence-electron chi connectivity index (χ1n) is 4.88. The molecule has 0 unspecified atom stereocenters. The Morgan fingerprint density at radius 2 is 1.56 bits per heavy atom. The molecule has 0 aliphatic heterocycles. The molecule has 0 spiro atoms. The molecule has 80 valence electrons. The normalized spacial score (nSPS) is 9.81. The smallest absolute Gasteiger partial charge is 0.357 e. The number of carbonyl (C=O) groups excluding carboxylic acids is 1. The summed E-state index contributed by atoms with van der Waals surface area (Å²) >= 11 is 0. The van der Waals surface area contributed by atoms with Crippen molar-refractivity contribution >= 4 is 5.97 Å². The SMILES string of the molecule is NOC(=O)c1ccccc1-c1ccccc1. The van der Waals surface area contributed by atoms with Crippen molar-refractivity contribution in [1.29, 1.82) is 0 Å². The van der Waals surface area contributed by atoms with E-state index in [-0.39, 0.29) is 0 Å². The van der Waals surface area contributed by atoms with Gasteiger partial charge in [0.1, 0.15) is 0 Å². The van der Waals surface area contributed by atoms with Crippen LogP contribution in [0.2, 0.25) is 0 Å². The van der Waals surface area contributed by atoms with Gasteiger partial charge in [0.15, 0.2) is 0 Å². The van der Waals surface area contributed by atoms with Gasteiger partial charge in [0.05, 0.1) is 5.56 Å². The number of nitrogens with two attached hydrogens (primary N) is 1. The van der Waals surface area contributed by atoms with Gasteiger partial charge in [0, 0.05) is 0 Å². The van der Waals surface area contributed by atoms with E-state index in [1.165, 1.54) is 0 Å². The van der Waals surface area contributed by atoms with Gasteiger partial charge in [-0.2, -0.15) is 5.90 Å². The van der Waals surface area contributed by atoms with Crippen LogP contribution in [0.25, 0.3) is 11.1 Å². The zero-order valence-corrected chi connectivity index (χ0v) is 8.59. The van der Waals surface area contributed by atoms with Gasteiger partial charge in [-0.15, -0.1) is 0 Å². The fourth-order valence-electron chi connectivity index (χ4n) is 1.59. The molecule has 0 atom stereocenters. The van der Waals surface area contributed by atoms with Crippen LogP contribution in [-0.4, -0.2) is 5.97 Å². The first-order valence-corrected chi connectivity index (χ1v) is 4.88. The third kappa shape index (κ3) is 1.94. The Bertz CT molecular complexity index is 494.